The molecule has 35 heavy (non-hydrogen) atoms. The summed E-state index contributed by atoms with van der Waals surface area (Å²) >= 11 is 0.981. The third kappa shape index (κ3) is 4.99. The van der Waals surface area contributed by atoms with Crippen LogP contribution in [0.2, 0.25) is 0 Å². The number of hydrogen-bond donors (Lipinski definition) is 1. The molecule has 0 saturated heterocycles. The van der Waals surface area contributed by atoms with Crippen LogP contribution < -0.4 is 15.6 Å². The Bertz CT molecular complexity index is 1520. The van der Waals surface area contributed by atoms with Gasteiger partial charge in [0.05, 0.1) is 40.4 Å². The number of carbonyl (C=O) groups excluding carboxylic acids is 1. The molecule has 0 fully saturated rings. The Balaban J connectivity index is 1.72. The van der Waals surface area contributed by atoms with Gasteiger partial charge in [-0.15, -0.1) is 0 Å². The largest absolute Gasteiger partial charge is 0.495 e. The zero-order chi connectivity index (χ0) is 25.1. The zero-order valence-electron chi connectivity index (χ0n) is 18.6. The number of ether oxygens (including phenoxy) is 1. The SMILES string of the molecule is COc1ccc(C)cc1-n1c(SCC(=O)Nc2ccc(F)cc2[N+](=O)[O-])nc2ccccc2c1=O. The molecule has 1 heterocycles. The molecule has 0 unspecified atom stereocenters. The molecule has 1 aromatic heterocycles. The van der Waals surface area contributed by atoms with Crippen LogP contribution in [0.3, 0.4) is 0 Å². The summed E-state index contributed by atoms with van der Waals surface area (Å²) in [5.41, 5.74) is 0.778. The first-order chi connectivity index (χ1) is 16.8. The van der Waals surface area contributed by atoms with Crippen molar-refractivity contribution in [2.45, 2.75) is 12.1 Å². The van der Waals surface area contributed by atoms with E-state index in [-0.39, 0.29) is 22.2 Å². The molecule has 0 saturated carbocycles. The number of halogens is 1. The summed E-state index contributed by atoms with van der Waals surface area (Å²) in [6, 6.07) is 15.1. The molecule has 9 nitrogen and oxygen atoms in total. The number of hydrogen-bond acceptors (Lipinski definition) is 7. The monoisotopic (exact) mass is 494 g/mol. The Kier molecular flexibility index (Phi) is 6.78. The third-order valence-electron chi connectivity index (χ3n) is 5.08. The van der Waals surface area contributed by atoms with E-state index < -0.39 is 22.3 Å². The van der Waals surface area contributed by atoms with Gasteiger partial charge in [-0.1, -0.05) is 30.0 Å². The van der Waals surface area contributed by atoms with E-state index in [1.54, 1.807) is 36.4 Å². The average Bonchev–Trinajstić information content (AvgIpc) is 2.84. The number of para-hydroxylation sites is 1. The van der Waals surface area contributed by atoms with Crippen LogP contribution >= 0.6 is 11.8 Å². The highest BCUT2D eigenvalue weighted by molar-refractivity contribution is 7.99. The van der Waals surface area contributed by atoms with Crippen molar-refractivity contribution in [2.24, 2.45) is 0 Å². The number of carbonyl (C=O) groups is 1. The first-order valence-electron chi connectivity index (χ1n) is 10.3. The van der Waals surface area contributed by atoms with Gasteiger partial charge in [-0.2, -0.15) is 0 Å². The lowest BCUT2D eigenvalue weighted by atomic mass is 10.2. The van der Waals surface area contributed by atoms with Crippen molar-refractivity contribution in [3.05, 3.63) is 92.5 Å². The quantitative estimate of drug-likeness (QED) is 0.174. The van der Waals surface area contributed by atoms with Crippen molar-refractivity contribution in [1.29, 1.82) is 0 Å². The number of thioether (sulfide) groups is 1. The summed E-state index contributed by atoms with van der Waals surface area (Å²) in [5.74, 6) is -1.15. The molecule has 178 valence electrons. The van der Waals surface area contributed by atoms with E-state index in [0.717, 1.165) is 35.5 Å². The highest BCUT2D eigenvalue weighted by Crippen LogP contribution is 2.29. The predicted octanol–water partition coefficient (Wildman–Crippen LogP) is 4.48. The van der Waals surface area contributed by atoms with Gasteiger partial charge in [0, 0.05) is 0 Å². The van der Waals surface area contributed by atoms with Gasteiger partial charge < -0.3 is 10.1 Å². The van der Waals surface area contributed by atoms with E-state index in [2.05, 4.69) is 10.3 Å². The lowest BCUT2D eigenvalue weighted by Crippen LogP contribution is -2.23. The van der Waals surface area contributed by atoms with Gasteiger partial charge in [-0.05, 0) is 48.9 Å². The van der Waals surface area contributed by atoms with Crippen molar-refractivity contribution in [3.63, 3.8) is 0 Å². The second-order valence-corrected chi connectivity index (χ2v) is 8.43. The molecule has 0 aliphatic carbocycles. The lowest BCUT2D eigenvalue weighted by Gasteiger charge is -2.16. The van der Waals surface area contributed by atoms with Crippen LogP contribution in [-0.4, -0.2) is 33.2 Å². The number of nitrogens with one attached hydrogen (secondary N) is 1. The highest BCUT2D eigenvalue weighted by Gasteiger charge is 2.20. The molecular formula is C24H19FN4O5S. The maximum absolute atomic E-state index is 13.5. The fourth-order valence-electron chi connectivity index (χ4n) is 3.47. The van der Waals surface area contributed by atoms with E-state index in [9.17, 15) is 24.1 Å². The minimum Gasteiger partial charge on any atom is -0.495 e. The number of amides is 1. The number of fused-ring (bicyclic) bond motifs is 1. The molecule has 0 atom stereocenters. The Morgan fingerprint density at radius 3 is 2.71 bits per heavy atom. The summed E-state index contributed by atoms with van der Waals surface area (Å²) in [6.07, 6.45) is 0. The Labute approximate surface area is 202 Å². The predicted molar refractivity (Wildman–Crippen MR) is 131 cm³/mol. The molecule has 0 aliphatic rings. The molecule has 3 aromatic carbocycles. The third-order valence-corrected chi connectivity index (χ3v) is 6.02. The molecule has 0 radical (unpaired) electrons. The van der Waals surface area contributed by atoms with E-state index in [4.69, 9.17) is 4.74 Å². The molecule has 11 heteroatoms. The summed E-state index contributed by atoms with van der Waals surface area (Å²) in [4.78, 5) is 41.1. The summed E-state index contributed by atoms with van der Waals surface area (Å²) < 4.78 is 20.2. The van der Waals surface area contributed by atoms with Gasteiger partial charge in [0.25, 0.3) is 11.2 Å². The van der Waals surface area contributed by atoms with Crippen LogP contribution in [0.5, 0.6) is 5.75 Å². The molecule has 0 aliphatic heterocycles. The van der Waals surface area contributed by atoms with Crippen molar-refractivity contribution < 1.29 is 18.8 Å². The van der Waals surface area contributed by atoms with Crippen molar-refractivity contribution in [2.75, 3.05) is 18.2 Å². The summed E-state index contributed by atoms with van der Waals surface area (Å²) in [5, 5.41) is 14.3. The number of rotatable bonds is 7. The van der Waals surface area contributed by atoms with Crippen LogP contribution in [0.25, 0.3) is 16.6 Å². The fourth-order valence-corrected chi connectivity index (χ4v) is 4.28. The Morgan fingerprint density at radius 1 is 1.20 bits per heavy atom. The second-order valence-electron chi connectivity index (χ2n) is 7.48. The van der Waals surface area contributed by atoms with Gasteiger partial charge in [0.1, 0.15) is 17.3 Å². The topological polar surface area (TPSA) is 116 Å². The van der Waals surface area contributed by atoms with Crippen LogP contribution in [0, 0.1) is 22.9 Å². The molecule has 1 amide bonds. The van der Waals surface area contributed by atoms with E-state index in [1.807, 2.05) is 13.0 Å². The first-order valence-corrected chi connectivity index (χ1v) is 11.3. The maximum Gasteiger partial charge on any atom is 0.295 e. The molecule has 4 rings (SSSR count). The summed E-state index contributed by atoms with van der Waals surface area (Å²) in [6.45, 7) is 1.87. The number of aryl methyl sites for hydroxylation is 1. The number of anilines is 1. The number of nitro benzene ring substituents is 1. The molecular weight excluding hydrogens is 475 g/mol. The van der Waals surface area contributed by atoms with Crippen molar-refractivity contribution >= 4 is 39.9 Å². The van der Waals surface area contributed by atoms with Crippen LogP contribution in [0.4, 0.5) is 15.8 Å². The van der Waals surface area contributed by atoms with Gasteiger partial charge in [0.15, 0.2) is 5.16 Å². The van der Waals surface area contributed by atoms with Crippen LogP contribution in [0.15, 0.2) is 70.6 Å². The molecule has 0 bridgehead atoms. The summed E-state index contributed by atoms with van der Waals surface area (Å²) in [7, 11) is 1.49. The first kappa shape index (κ1) is 23.9. The van der Waals surface area contributed by atoms with Crippen molar-refractivity contribution in [1.82, 2.24) is 9.55 Å². The second kappa shape index (κ2) is 9.94. The average molecular weight is 495 g/mol. The number of aromatic nitrogens is 2. The zero-order valence-corrected chi connectivity index (χ0v) is 19.5. The maximum atomic E-state index is 13.5. The van der Waals surface area contributed by atoms with Gasteiger partial charge in [-0.3, -0.25) is 24.3 Å². The van der Waals surface area contributed by atoms with Gasteiger partial charge >= 0.3 is 0 Å². The number of methoxy groups -OCH3 is 1. The molecule has 4 aromatic rings. The smallest absolute Gasteiger partial charge is 0.295 e. The minimum absolute atomic E-state index is 0.133. The van der Waals surface area contributed by atoms with E-state index in [1.165, 1.54) is 11.7 Å². The number of nitrogens with zero attached hydrogens (tertiary/aromatic N) is 3. The van der Waals surface area contributed by atoms with E-state index in [0.29, 0.717) is 22.3 Å². The highest BCUT2D eigenvalue weighted by atomic mass is 32.2. The number of benzene rings is 3. The lowest BCUT2D eigenvalue weighted by molar-refractivity contribution is -0.384. The Morgan fingerprint density at radius 2 is 1.97 bits per heavy atom. The van der Waals surface area contributed by atoms with Crippen LogP contribution in [-0.2, 0) is 4.79 Å². The minimum atomic E-state index is -0.791. The number of nitro groups is 1. The standard InChI is InChI=1S/C24H19FN4O5S/c1-14-7-10-21(34-2)20(11-14)28-23(31)16-5-3-4-6-17(16)27-24(28)35-13-22(30)26-18-9-8-15(25)12-19(18)29(32)33/h3-12H,13H2,1-2H3,(H,26,30). The van der Waals surface area contributed by atoms with Crippen LogP contribution in [0.1, 0.15) is 5.56 Å². The molecule has 1 N–H and O–H groups in total. The normalized spacial score (nSPS) is 10.8. The Hall–Kier alpha value is -4.25. The van der Waals surface area contributed by atoms with Crippen molar-refractivity contribution in [3.8, 4) is 11.4 Å². The van der Waals surface area contributed by atoms with E-state index >= 15 is 0 Å². The van der Waals surface area contributed by atoms with Gasteiger partial charge in [-0.25, -0.2) is 9.37 Å². The van der Waals surface area contributed by atoms with Gasteiger partial charge in [0.2, 0.25) is 5.91 Å². The fraction of sp³-hybridized carbons (Fsp3) is 0.125. The molecule has 0 spiro atoms.